The standard InChI is InChI=1S/C12H18BrClN2/c1-3-6-16-12(11(14)7-15-16)9-4-5-10(13)8(9)2/h7-10H,3-6H2,1-2H3. The van der Waals surface area contributed by atoms with Gasteiger partial charge in [0.05, 0.1) is 16.9 Å². The van der Waals surface area contributed by atoms with E-state index in [1.54, 1.807) is 6.20 Å². The molecule has 1 fully saturated rings. The summed E-state index contributed by atoms with van der Waals surface area (Å²) in [7, 11) is 0. The van der Waals surface area contributed by atoms with Gasteiger partial charge in [-0.25, -0.2) is 0 Å². The van der Waals surface area contributed by atoms with Gasteiger partial charge in [-0.2, -0.15) is 5.10 Å². The summed E-state index contributed by atoms with van der Waals surface area (Å²) in [5.41, 5.74) is 1.25. The summed E-state index contributed by atoms with van der Waals surface area (Å²) in [4.78, 5) is 0.624. The molecule has 1 aliphatic rings. The predicted molar refractivity (Wildman–Crippen MR) is 71.4 cm³/mol. The molecule has 0 radical (unpaired) electrons. The summed E-state index contributed by atoms with van der Waals surface area (Å²) in [5.74, 6) is 1.20. The summed E-state index contributed by atoms with van der Waals surface area (Å²) in [6.07, 6.45) is 5.34. The second kappa shape index (κ2) is 5.09. The fourth-order valence-corrected chi connectivity index (χ4v) is 3.55. The van der Waals surface area contributed by atoms with Crippen molar-refractivity contribution in [2.24, 2.45) is 5.92 Å². The molecule has 0 spiro atoms. The van der Waals surface area contributed by atoms with E-state index in [0.717, 1.165) is 18.0 Å². The Morgan fingerprint density at radius 2 is 2.31 bits per heavy atom. The van der Waals surface area contributed by atoms with E-state index in [2.05, 4.69) is 39.6 Å². The quantitative estimate of drug-likeness (QED) is 0.764. The fourth-order valence-electron chi connectivity index (χ4n) is 2.63. The zero-order valence-electron chi connectivity index (χ0n) is 9.79. The highest BCUT2D eigenvalue weighted by Crippen LogP contribution is 2.44. The molecular formula is C12H18BrClN2. The van der Waals surface area contributed by atoms with E-state index < -0.39 is 0 Å². The summed E-state index contributed by atoms with van der Waals surface area (Å²) in [6.45, 7) is 5.44. The van der Waals surface area contributed by atoms with Crippen LogP contribution < -0.4 is 0 Å². The van der Waals surface area contributed by atoms with Gasteiger partial charge in [-0.3, -0.25) is 4.68 Å². The molecule has 3 unspecified atom stereocenters. The fraction of sp³-hybridized carbons (Fsp3) is 0.750. The van der Waals surface area contributed by atoms with Crippen molar-refractivity contribution >= 4 is 27.5 Å². The van der Waals surface area contributed by atoms with Crippen molar-refractivity contribution in [2.45, 2.75) is 50.4 Å². The number of hydrogen-bond acceptors (Lipinski definition) is 1. The zero-order chi connectivity index (χ0) is 11.7. The molecule has 2 nitrogen and oxygen atoms in total. The molecule has 2 rings (SSSR count). The van der Waals surface area contributed by atoms with Crippen molar-refractivity contribution in [3.8, 4) is 0 Å². The van der Waals surface area contributed by atoms with Gasteiger partial charge in [0.1, 0.15) is 0 Å². The summed E-state index contributed by atoms with van der Waals surface area (Å²) < 4.78 is 2.09. The van der Waals surface area contributed by atoms with Crippen molar-refractivity contribution < 1.29 is 0 Å². The van der Waals surface area contributed by atoms with Gasteiger partial charge in [-0.15, -0.1) is 0 Å². The maximum Gasteiger partial charge on any atom is 0.0820 e. The Hall–Kier alpha value is -0.0200. The minimum absolute atomic E-state index is 0.561. The van der Waals surface area contributed by atoms with E-state index in [-0.39, 0.29) is 0 Å². The second-order valence-electron chi connectivity index (χ2n) is 4.66. The van der Waals surface area contributed by atoms with Crippen molar-refractivity contribution in [2.75, 3.05) is 0 Å². The Kier molecular flexibility index (Phi) is 3.96. The van der Waals surface area contributed by atoms with Crippen LogP contribution in [-0.4, -0.2) is 14.6 Å². The van der Waals surface area contributed by atoms with Crippen LogP contribution in [-0.2, 0) is 6.54 Å². The van der Waals surface area contributed by atoms with E-state index in [4.69, 9.17) is 11.6 Å². The number of rotatable bonds is 3. The smallest absolute Gasteiger partial charge is 0.0820 e. The molecule has 0 saturated heterocycles. The van der Waals surface area contributed by atoms with Crippen LogP contribution in [0.3, 0.4) is 0 Å². The van der Waals surface area contributed by atoms with Gasteiger partial charge in [0.25, 0.3) is 0 Å². The Morgan fingerprint density at radius 1 is 1.56 bits per heavy atom. The molecule has 0 aliphatic heterocycles. The lowest BCUT2D eigenvalue weighted by atomic mass is 9.94. The average molecular weight is 306 g/mol. The van der Waals surface area contributed by atoms with Gasteiger partial charge < -0.3 is 0 Å². The predicted octanol–water partition coefficient (Wildman–Crippen LogP) is 4.22. The maximum atomic E-state index is 6.28. The number of alkyl halides is 1. The third kappa shape index (κ3) is 2.17. The average Bonchev–Trinajstić information content (AvgIpc) is 2.75. The number of halogens is 2. The van der Waals surface area contributed by atoms with Gasteiger partial charge in [-0.05, 0) is 25.2 Å². The summed E-state index contributed by atoms with van der Waals surface area (Å²) in [5, 5.41) is 5.22. The van der Waals surface area contributed by atoms with Crippen molar-refractivity contribution in [1.82, 2.24) is 9.78 Å². The lowest BCUT2D eigenvalue weighted by Gasteiger charge is -2.19. The topological polar surface area (TPSA) is 17.8 Å². The first-order chi connectivity index (χ1) is 7.65. The van der Waals surface area contributed by atoms with Crippen LogP contribution in [0.5, 0.6) is 0 Å². The maximum absolute atomic E-state index is 6.28. The number of aryl methyl sites for hydroxylation is 1. The van der Waals surface area contributed by atoms with Crippen molar-refractivity contribution in [1.29, 1.82) is 0 Å². The minimum Gasteiger partial charge on any atom is -0.268 e. The number of hydrogen-bond donors (Lipinski definition) is 0. The summed E-state index contributed by atoms with van der Waals surface area (Å²) in [6, 6.07) is 0. The van der Waals surface area contributed by atoms with Crippen LogP contribution >= 0.6 is 27.5 Å². The first-order valence-electron chi connectivity index (χ1n) is 6.00. The highest BCUT2D eigenvalue weighted by Gasteiger charge is 2.35. The molecule has 1 aromatic heterocycles. The number of aromatic nitrogens is 2. The van der Waals surface area contributed by atoms with Crippen LogP contribution in [0.25, 0.3) is 0 Å². The van der Waals surface area contributed by atoms with E-state index >= 15 is 0 Å². The number of nitrogens with zero attached hydrogens (tertiary/aromatic N) is 2. The van der Waals surface area contributed by atoms with Gasteiger partial charge in [0.15, 0.2) is 0 Å². The first kappa shape index (κ1) is 12.4. The second-order valence-corrected chi connectivity index (χ2v) is 6.24. The Balaban J connectivity index is 2.28. The van der Waals surface area contributed by atoms with Crippen LogP contribution in [0.4, 0.5) is 0 Å². The van der Waals surface area contributed by atoms with Crippen molar-refractivity contribution in [3.05, 3.63) is 16.9 Å². The molecule has 0 N–H and O–H groups in total. The summed E-state index contributed by atoms with van der Waals surface area (Å²) >= 11 is 10.0. The first-order valence-corrected chi connectivity index (χ1v) is 7.29. The molecule has 1 aromatic rings. The van der Waals surface area contributed by atoms with Crippen LogP contribution in [0.1, 0.15) is 44.7 Å². The van der Waals surface area contributed by atoms with E-state index in [0.29, 0.717) is 16.7 Å². The van der Waals surface area contributed by atoms with Gasteiger partial charge in [-0.1, -0.05) is 41.4 Å². The third-order valence-electron chi connectivity index (χ3n) is 3.58. The van der Waals surface area contributed by atoms with Crippen LogP contribution in [0.15, 0.2) is 6.20 Å². The molecule has 3 atom stereocenters. The molecule has 90 valence electrons. The SMILES string of the molecule is CCCn1ncc(Cl)c1C1CCC(Br)C1C. The molecule has 16 heavy (non-hydrogen) atoms. The Labute approximate surface area is 110 Å². The molecule has 1 aliphatic carbocycles. The van der Waals surface area contributed by atoms with E-state index in [1.165, 1.54) is 18.5 Å². The molecule has 1 saturated carbocycles. The van der Waals surface area contributed by atoms with E-state index in [1.807, 2.05) is 0 Å². The molecular weight excluding hydrogens is 288 g/mol. The monoisotopic (exact) mass is 304 g/mol. The molecule has 0 bridgehead atoms. The lowest BCUT2D eigenvalue weighted by Crippen LogP contribution is -2.14. The minimum atomic E-state index is 0.561. The molecule has 4 heteroatoms. The molecule has 0 aromatic carbocycles. The zero-order valence-corrected chi connectivity index (χ0v) is 12.1. The Bertz CT molecular complexity index is 364. The molecule has 1 heterocycles. The normalized spacial score (nSPS) is 29.9. The van der Waals surface area contributed by atoms with Gasteiger partial charge >= 0.3 is 0 Å². The van der Waals surface area contributed by atoms with Gasteiger partial charge in [0.2, 0.25) is 0 Å². The Morgan fingerprint density at radius 3 is 2.88 bits per heavy atom. The lowest BCUT2D eigenvalue weighted by molar-refractivity contribution is 0.478. The largest absolute Gasteiger partial charge is 0.268 e. The van der Waals surface area contributed by atoms with E-state index in [9.17, 15) is 0 Å². The third-order valence-corrected chi connectivity index (χ3v) is 5.16. The highest BCUT2D eigenvalue weighted by molar-refractivity contribution is 9.09. The van der Waals surface area contributed by atoms with Gasteiger partial charge in [0, 0.05) is 17.3 Å². The van der Waals surface area contributed by atoms with Crippen molar-refractivity contribution in [3.63, 3.8) is 0 Å². The highest BCUT2D eigenvalue weighted by atomic mass is 79.9. The molecule has 0 amide bonds. The van der Waals surface area contributed by atoms with Crippen LogP contribution in [0.2, 0.25) is 5.02 Å². The van der Waals surface area contributed by atoms with Crippen LogP contribution in [0, 0.1) is 5.92 Å².